The molecular formula is C14H14ClNO3. The zero-order valence-corrected chi connectivity index (χ0v) is 11.4. The van der Waals surface area contributed by atoms with Crippen molar-refractivity contribution >= 4 is 11.6 Å². The van der Waals surface area contributed by atoms with Crippen LogP contribution in [0.15, 0.2) is 36.7 Å². The predicted octanol–water partition coefficient (Wildman–Crippen LogP) is 2.83. The molecule has 1 heterocycles. The third-order valence-electron chi connectivity index (χ3n) is 2.84. The van der Waals surface area contributed by atoms with E-state index in [0.717, 1.165) is 0 Å². The van der Waals surface area contributed by atoms with Gasteiger partial charge in [-0.05, 0) is 18.2 Å². The number of halogens is 1. The van der Waals surface area contributed by atoms with Crippen LogP contribution >= 0.6 is 11.6 Å². The van der Waals surface area contributed by atoms with E-state index in [-0.39, 0.29) is 0 Å². The second-order valence-electron chi connectivity index (χ2n) is 3.88. The van der Waals surface area contributed by atoms with Crippen molar-refractivity contribution in [3.05, 3.63) is 52.8 Å². The molecule has 1 N–H and O–H groups in total. The average molecular weight is 280 g/mol. The van der Waals surface area contributed by atoms with Crippen molar-refractivity contribution in [2.75, 3.05) is 14.2 Å². The molecular weight excluding hydrogens is 266 g/mol. The van der Waals surface area contributed by atoms with Gasteiger partial charge in [-0.25, -0.2) is 0 Å². The molecule has 2 rings (SSSR count). The summed E-state index contributed by atoms with van der Waals surface area (Å²) >= 11 is 6.06. The Bertz CT molecular complexity index is 552. The molecule has 0 aliphatic rings. The highest BCUT2D eigenvalue weighted by atomic mass is 35.5. The van der Waals surface area contributed by atoms with Crippen LogP contribution in [-0.4, -0.2) is 24.3 Å². The van der Waals surface area contributed by atoms with E-state index >= 15 is 0 Å². The Morgan fingerprint density at radius 2 is 1.79 bits per heavy atom. The summed E-state index contributed by atoms with van der Waals surface area (Å²) < 4.78 is 10.5. The molecule has 0 aliphatic carbocycles. The molecule has 100 valence electrons. The Morgan fingerprint density at radius 1 is 1.16 bits per heavy atom. The van der Waals surface area contributed by atoms with Crippen molar-refractivity contribution in [1.29, 1.82) is 0 Å². The minimum absolute atomic E-state index is 0.392. The number of nitrogens with zero attached hydrogens (tertiary/aromatic N) is 1. The smallest absolute Gasteiger partial charge is 0.128 e. The Balaban J connectivity index is 2.55. The fourth-order valence-corrected chi connectivity index (χ4v) is 2.14. The van der Waals surface area contributed by atoms with E-state index in [1.165, 1.54) is 6.20 Å². The molecule has 0 amide bonds. The molecule has 1 aromatic carbocycles. The second kappa shape index (κ2) is 5.91. The van der Waals surface area contributed by atoms with Gasteiger partial charge in [-0.2, -0.15) is 0 Å². The standard InChI is InChI=1S/C14H14ClNO3/c1-18-11-4-3-5-12(19-2)13(11)14(17)9-6-7-16-8-10(9)15/h3-8,14,17H,1-2H3. The van der Waals surface area contributed by atoms with Gasteiger partial charge in [0.15, 0.2) is 0 Å². The number of hydrogen-bond donors (Lipinski definition) is 1. The van der Waals surface area contributed by atoms with E-state index in [1.54, 1.807) is 44.7 Å². The highest BCUT2D eigenvalue weighted by molar-refractivity contribution is 6.31. The van der Waals surface area contributed by atoms with Crippen molar-refractivity contribution in [3.8, 4) is 11.5 Å². The van der Waals surface area contributed by atoms with Crippen molar-refractivity contribution in [2.24, 2.45) is 0 Å². The van der Waals surface area contributed by atoms with Crippen LogP contribution < -0.4 is 9.47 Å². The van der Waals surface area contributed by atoms with E-state index in [9.17, 15) is 5.11 Å². The molecule has 1 atom stereocenters. The molecule has 0 fully saturated rings. The van der Waals surface area contributed by atoms with Crippen LogP contribution in [0.2, 0.25) is 5.02 Å². The molecule has 1 unspecified atom stereocenters. The summed E-state index contributed by atoms with van der Waals surface area (Å²) in [4.78, 5) is 3.90. The van der Waals surface area contributed by atoms with Crippen molar-refractivity contribution in [1.82, 2.24) is 4.98 Å². The van der Waals surface area contributed by atoms with Gasteiger partial charge >= 0.3 is 0 Å². The first-order valence-electron chi connectivity index (χ1n) is 5.67. The number of aliphatic hydroxyl groups excluding tert-OH is 1. The largest absolute Gasteiger partial charge is 0.496 e. The maximum Gasteiger partial charge on any atom is 0.128 e. The van der Waals surface area contributed by atoms with E-state index in [0.29, 0.717) is 27.6 Å². The van der Waals surface area contributed by atoms with Crippen LogP contribution in [0.25, 0.3) is 0 Å². The summed E-state index contributed by atoms with van der Waals surface area (Å²) in [5.41, 5.74) is 1.10. The van der Waals surface area contributed by atoms with Gasteiger partial charge in [0.2, 0.25) is 0 Å². The van der Waals surface area contributed by atoms with Crippen LogP contribution in [0.3, 0.4) is 0 Å². The third-order valence-corrected chi connectivity index (χ3v) is 3.15. The zero-order valence-electron chi connectivity index (χ0n) is 10.6. The molecule has 0 saturated carbocycles. The molecule has 0 spiro atoms. The predicted molar refractivity (Wildman–Crippen MR) is 72.9 cm³/mol. The Hall–Kier alpha value is -1.78. The molecule has 0 aliphatic heterocycles. The molecule has 4 nitrogen and oxygen atoms in total. The first kappa shape index (κ1) is 13.6. The maximum atomic E-state index is 10.5. The minimum Gasteiger partial charge on any atom is -0.496 e. The van der Waals surface area contributed by atoms with Crippen LogP contribution in [0, 0.1) is 0 Å². The summed E-state index contributed by atoms with van der Waals surface area (Å²) in [5.74, 6) is 1.08. The van der Waals surface area contributed by atoms with Gasteiger partial charge in [0.05, 0.1) is 24.8 Å². The van der Waals surface area contributed by atoms with Gasteiger partial charge in [0, 0.05) is 18.0 Å². The molecule has 19 heavy (non-hydrogen) atoms. The van der Waals surface area contributed by atoms with Crippen molar-refractivity contribution in [3.63, 3.8) is 0 Å². The minimum atomic E-state index is -0.943. The maximum absolute atomic E-state index is 10.5. The van der Waals surface area contributed by atoms with Crippen molar-refractivity contribution in [2.45, 2.75) is 6.10 Å². The monoisotopic (exact) mass is 279 g/mol. The number of aliphatic hydroxyl groups is 1. The highest BCUT2D eigenvalue weighted by Crippen LogP contribution is 2.38. The Labute approximate surface area is 116 Å². The Kier molecular flexibility index (Phi) is 4.24. The summed E-state index contributed by atoms with van der Waals surface area (Å²) in [7, 11) is 3.08. The molecule has 0 radical (unpaired) electrons. The van der Waals surface area contributed by atoms with E-state index in [2.05, 4.69) is 4.98 Å². The number of ether oxygens (including phenoxy) is 2. The fraction of sp³-hybridized carbons (Fsp3) is 0.214. The van der Waals surface area contributed by atoms with Crippen LogP contribution in [0.4, 0.5) is 0 Å². The van der Waals surface area contributed by atoms with E-state index < -0.39 is 6.10 Å². The lowest BCUT2D eigenvalue weighted by Gasteiger charge is -2.18. The summed E-state index contributed by atoms with van der Waals surface area (Å²) in [5, 5.41) is 10.9. The first-order valence-corrected chi connectivity index (χ1v) is 6.05. The SMILES string of the molecule is COc1cccc(OC)c1C(O)c1ccncc1Cl. The van der Waals surface area contributed by atoms with Crippen molar-refractivity contribution < 1.29 is 14.6 Å². The number of hydrogen-bond acceptors (Lipinski definition) is 4. The number of aromatic nitrogens is 1. The van der Waals surface area contributed by atoms with Gasteiger partial charge in [-0.1, -0.05) is 17.7 Å². The zero-order chi connectivity index (χ0) is 13.8. The lowest BCUT2D eigenvalue weighted by molar-refractivity contribution is 0.209. The van der Waals surface area contributed by atoms with Crippen LogP contribution in [0.1, 0.15) is 17.2 Å². The number of benzene rings is 1. The molecule has 5 heteroatoms. The molecule has 0 bridgehead atoms. The Morgan fingerprint density at radius 3 is 2.32 bits per heavy atom. The van der Waals surface area contributed by atoms with Gasteiger partial charge < -0.3 is 14.6 Å². The van der Waals surface area contributed by atoms with Crippen LogP contribution in [-0.2, 0) is 0 Å². The molecule has 1 aromatic heterocycles. The topological polar surface area (TPSA) is 51.6 Å². The van der Waals surface area contributed by atoms with Gasteiger partial charge in [-0.3, -0.25) is 4.98 Å². The quantitative estimate of drug-likeness (QED) is 0.935. The normalized spacial score (nSPS) is 12.0. The summed E-state index contributed by atoms with van der Waals surface area (Å²) in [6.45, 7) is 0. The summed E-state index contributed by atoms with van der Waals surface area (Å²) in [6, 6.07) is 6.98. The third kappa shape index (κ3) is 2.64. The lowest BCUT2D eigenvalue weighted by atomic mass is 10.0. The van der Waals surface area contributed by atoms with Crippen LogP contribution in [0.5, 0.6) is 11.5 Å². The summed E-state index contributed by atoms with van der Waals surface area (Å²) in [6.07, 6.45) is 2.12. The fourth-order valence-electron chi connectivity index (χ4n) is 1.91. The lowest BCUT2D eigenvalue weighted by Crippen LogP contribution is -2.05. The number of methoxy groups -OCH3 is 2. The van der Waals surface area contributed by atoms with E-state index in [4.69, 9.17) is 21.1 Å². The average Bonchev–Trinajstić information content (AvgIpc) is 2.46. The first-order chi connectivity index (χ1) is 9.19. The number of rotatable bonds is 4. The van der Waals surface area contributed by atoms with Gasteiger partial charge in [0.25, 0.3) is 0 Å². The van der Waals surface area contributed by atoms with Gasteiger partial charge in [0.1, 0.15) is 17.6 Å². The molecule has 2 aromatic rings. The molecule has 0 saturated heterocycles. The van der Waals surface area contributed by atoms with E-state index in [1.807, 2.05) is 0 Å². The van der Waals surface area contributed by atoms with Gasteiger partial charge in [-0.15, -0.1) is 0 Å². The second-order valence-corrected chi connectivity index (χ2v) is 4.28. The number of pyridine rings is 1. The highest BCUT2D eigenvalue weighted by Gasteiger charge is 2.22.